The Hall–Kier alpha value is -5.99. The fraction of sp³-hybridized carbons (Fsp3) is 0.214. The Bertz CT molecular complexity index is 2810. The summed E-state index contributed by atoms with van der Waals surface area (Å²) in [5, 5.41) is 9.62. The highest BCUT2D eigenvalue weighted by atomic mass is 79.9. The molecule has 0 saturated heterocycles. The van der Waals surface area contributed by atoms with Crippen LogP contribution in [0.4, 0.5) is 0 Å². The number of phenolic OH excluding ortho intramolecular Hbond substituents is 1. The number of rotatable bonds is 5. The third-order valence-electron chi connectivity index (χ3n) is 10.7. The predicted octanol–water partition coefficient (Wildman–Crippen LogP) is 15.3. The van der Waals surface area contributed by atoms with Crippen LogP contribution >= 0.6 is 27.9 Å². The third kappa shape index (κ3) is 12.6. The van der Waals surface area contributed by atoms with Gasteiger partial charge in [-0.3, -0.25) is 9.97 Å². The average Bonchev–Trinajstić information content (AvgIpc) is 3.22. The van der Waals surface area contributed by atoms with Gasteiger partial charge in [-0.05, 0) is 154 Å². The summed E-state index contributed by atoms with van der Waals surface area (Å²) in [4.78, 5) is 19.3. The van der Waals surface area contributed by atoms with Crippen LogP contribution in [0.15, 0.2) is 122 Å². The second kappa shape index (κ2) is 22.1. The van der Waals surface area contributed by atoms with Crippen LogP contribution in [0.25, 0.3) is 56.3 Å². The lowest BCUT2D eigenvalue weighted by Gasteiger charge is -2.15. The van der Waals surface area contributed by atoms with E-state index in [9.17, 15) is 5.11 Å². The zero-order valence-corrected chi connectivity index (χ0v) is 41.3. The van der Waals surface area contributed by atoms with Crippen molar-refractivity contribution in [2.75, 3.05) is 0 Å². The Morgan fingerprint density at radius 1 is 0.391 bits per heavy atom. The first kappa shape index (κ1) is 49.0. The topological polar surface area (TPSA) is 92.0 Å². The minimum Gasteiger partial charge on any atom is -0.507 e. The largest absolute Gasteiger partial charge is 0.507 e. The molecule has 0 radical (unpaired) electrons. The molecule has 8 rings (SSSR count). The highest BCUT2D eigenvalue weighted by molar-refractivity contribution is 9.05. The van der Waals surface area contributed by atoms with E-state index in [4.69, 9.17) is 25.8 Å². The lowest BCUT2D eigenvalue weighted by Crippen LogP contribution is -1.99. The fourth-order valence-electron chi connectivity index (χ4n) is 8.17. The molecule has 0 bridgehead atoms. The number of nitrogens with zero attached hydrogens (tertiary/aromatic N) is 4. The number of hydrogen-bond donors (Lipinski definition) is 2. The van der Waals surface area contributed by atoms with E-state index in [0.29, 0.717) is 10.9 Å². The van der Waals surface area contributed by atoms with Gasteiger partial charge < -0.3 is 9.30 Å². The molecule has 0 fully saturated rings. The van der Waals surface area contributed by atoms with Crippen molar-refractivity contribution in [1.29, 1.82) is 0 Å². The van der Waals surface area contributed by atoms with E-state index >= 15 is 0 Å². The van der Waals surface area contributed by atoms with Crippen LogP contribution in [0, 0.1) is 83.1 Å². The normalized spacial score (nSPS) is 10.5. The molecule has 0 unspecified atom stereocenters. The molecule has 0 aliphatic carbocycles. The van der Waals surface area contributed by atoms with Crippen LogP contribution in [-0.2, 0) is 0 Å². The van der Waals surface area contributed by atoms with Crippen LogP contribution in [-0.4, -0.2) is 29.2 Å². The summed E-state index contributed by atoms with van der Waals surface area (Å²) in [5.41, 5.74) is 24.1. The molecular formula is C56H58BrClN4O2. The van der Waals surface area contributed by atoms with Crippen LogP contribution in [0.5, 0.6) is 5.75 Å². The molecule has 2 heterocycles. The molecule has 8 heteroatoms. The maximum absolute atomic E-state index is 9.21. The van der Waals surface area contributed by atoms with Crippen molar-refractivity contribution in [1.82, 2.24) is 19.9 Å². The smallest absolute Gasteiger partial charge is 0.148 e. The molecule has 2 aromatic heterocycles. The van der Waals surface area contributed by atoms with Gasteiger partial charge in [0, 0.05) is 27.8 Å². The summed E-state index contributed by atoms with van der Waals surface area (Å²) < 4.78 is 6.81. The molecule has 6 aromatic carbocycles. The highest BCUT2D eigenvalue weighted by Gasteiger charge is 2.17. The van der Waals surface area contributed by atoms with Gasteiger partial charge in [-0.1, -0.05) is 117 Å². The molecule has 0 saturated carbocycles. The van der Waals surface area contributed by atoms with E-state index in [1.807, 2.05) is 54.5 Å². The summed E-state index contributed by atoms with van der Waals surface area (Å²) in [6.45, 7) is 25.0. The maximum atomic E-state index is 9.21. The molecule has 0 aliphatic heterocycles. The number of hydrogen-bond acceptors (Lipinski definition) is 6. The van der Waals surface area contributed by atoms with Crippen molar-refractivity contribution in [3.8, 4) is 62.0 Å². The van der Waals surface area contributed by atoms with Crippen molar-refractivity contribution >= 4 is 27.9 Å². The Morgan fingerprint density at radius 3 is 1.03 bits per heavy atom. The zero-order valence-electron chi connectivity index (χ0n) is 39.0. The monoisotopic (exact) mass is 932 g/mol. The van der Waals surface area contributed by atoms with Crippen molar-refractivity contribution < 1.29 is 9.30 Å². The molecule has 64 heavy (non-hydrogen) atoms. The molecule has 2 N–H and O–H groups in total. The van der Waals surface area contributed by atoms with Gasteiger partial charge >= 0.3 is 0 Å². The first-order chi connectivity index (χ1) is 30.4. The van der Waals surface area contributed by atoms with E-state index < -0.39 is 0 Å². The van der Waals surface area contributed by atoms with E-state index in [2.05, 4.69) is 170 Å². The zero-order chi connectivity index (χ0) is 46.8. The Kier molecular flexibility index (Phi) is 16.9. The number of aromatic hydroxyl groups is 1. The van der Waals surface area contributed by atoms with E-state index in [1.165, 1.54) is 61.2 Å². The maximum Gasteiger partial charge on any atom is 0.148 e. The Labute approximate surface area is 393 Å². The SMILES string of the molecule is Cc1cc(C)cc(-c2ncc(-c3c(C)cccc3C)nc2-c2cc(C)cc(C)c2)c1.Cc1cc(C)cc(-c2ncc(Cl)nc2-c2cc(C)cc(C)c2)c1.Cc1cccc(C)c1O.OBr. The summed E-state index contributed by atoms with van der Waals surface area (Å²) >= 11 is 8.06. The van der Waals surface area contributed by atoms with Crippen molar-refractivity contribution in [2.45, 2.75) is 83.1 Å². The van der Waals surface area contributed by atoms with Gasteiger partial charge in [0.15, 0.2) is 0 Å². The standard InChI is InChI=1S/C28H28N2.C20H19ClN2.C8H10O.BrHO/c1-17-10-18(2)13-23(12-17)27-28(24-14-19(3)11-20(4)15-24)30-25(16-29-27)26-21(5)8-7-9-22(26)6;1-12-5-13(2)8-16(7-12)19-20(23-18(21)11-22-19)17-9-14(3)6-15(4)10-17;1-6-4-3-5-7(2)8(6)9;1-2/h7-16H,1-6H3;5-11H,1-4H3;3-5,9H,1-2H3;2H. The lowest BCUT2D eigenvalue weighted by atomic mass is 9.96. The van der Waals surface area contributed by atoms with Crippen molar-refractivity contribution in [3.63, 3.8) is 0 Å². The molecule has 0 spiro atoms. The van der Waals surface area contributed by atoms with Gasteiger partial charge in [-0.2, -0.15) is 0 Å². The van der Waals surface area contributed by atoms with E-state index in [1.54, 1.807) is 6.20 Å². The second-order valence-electron chi connectivity index (χ2n) is 16.9. The molecule has 0 atom stereocenters. The first-order valence-corrected chi connectivity index (χ1v) is 22.3. The van der Waals surface area contributed by atoms with Crippen LogP contribution in [0.1, 0.15) is 66.8 Å². The lowest BCUT2D eigenvalue weighted by molar-refractivity contribution is 0.467. The number of aryl methyl sites for hydroxylation is 12. The summed E-state index contributed by atoms with van der Waals surface area (Å²) in [6.07, 6.45) is 3.54. The molecule has 0 aliphatic rings. The molecular weight excluding hydrogens is 876 g/mol. The van der Waals surface area contributed by atoms with Crippen molar-refractivity contribution in [2.24, 2.45) is 0 Å². The first-order valence-electron chi connectivity index (χ1n) is 21.2. The van der Waals surface area contributed by atoms with Crippen molar-refractivity contribution in [3.05, 3.63) is 194 Å². The van der Waals surface area contributed by atoms with E-state index in [0.717, 1.165) is 61.9 Å². The summed E-state index contributed by atoms with van der Waals surface area (Å²) in [6, 6.07) is 38.1. The fourth-order valence-corrected chi connectivity index (χ4v) is 8.31. The molecule has 6 nitrogen and oxygen atoms in total. The number of aromatic nitrogens is 4. The number of phenols is 1. The van der Waals surface area contributed by atoms with Crippen LogP contribution in [0.2, 0.25) is 5.15 Å². The van der Waals surface area contributed by atoms with Gasteiger partial charge in [0.05, 0.1) is 57.1 Å². The number of benzene rings is 6. The summed E-state index contributed by atoms with van der Waals surface area (Å²) in [5.74, 6) is 0.414. The average molecular weight is 934 g/mol. The van der Waals surface area contributed by atoms with E-state index in [-0.39, 0.29) is 0 Å². The predicted molar refractivity (Wildman–Crippen MR) is 272 cm³/mol. The minimum absolute atomic E-state index is 0.410. The van der Waals surface area contributed by atoms with Gasteiger partial charge in [-0.15, -0.1) is 0 Å². The van der Waals surface area contributed by atoms with Gasteiger partial charge in [-0.25, -0.2) is 9.97 Å². The quantitative estimate of drug-likeness (QED) is 0.179. The molecule has 8 aromatic rings. The number of halogens is 2. The second-order valence-corrected chi connectivity index (χ2v) is 17.2. The van der Waals surface area contributed by atoms with Crippen LogP contribution in [0.3, 0.4) is 0 Å². The van der Waals surface area contributed by atoms with Crippen LogP contribution < -0.4 is 0 Å². The van der Waals surface area contributed by atoms with Gasteiger partial charge in [0.2, 0.25) is 0 Å². The van der Waals surface area contributed by atoms with Gasteiger partial charge in [0.1, 0.15) is 10.9 Å². The third-order valence-corrected chi connectivity index (χ3v) is 10.9. The minimum atomic E-state index is 0.410. The molecule has 328 valence electrons. The number of para-hydroxylation sites is 1. The Balaban J connectivity index is 0.000000199. The Morgan fingerprint density at radius 2 is 0.688 bits per heavy atom. The van der Waals surface area contributed by atoms with Gasteiger partial charge in [0.25, 0.3) is 0 Å². The highest BCUT2D eigenvalue weighted by Crippen LogP contribution is 2.35. The molecule has 0 amide bonds. The summed E-state index contributed by atoms with van der Waals surface area (Å²) in [7, 11) is 0.